The van der Waals surface area contributed by atoms with Crippen LogP contribution in [0.1, 0.15) is 17.7 Å². The van der Waals surface area contributed by atoms with Gasteiger partial charge in [-0.05, 0) is 17.7 Å². The molecule has 1 aliphatic rings. The van der Waals surface area contributed by atoms with Crippen LogP contribution in [-0.2, 0) is 22.6 Å². The fourth-order valence-electron chi connectivity index (χ4n) is 2.91. The number of rotatable bonds is 6. The molecule has 0 spiro atoms. The van der Waals surface area contributed by atoms with Crippen molar-refractivity contribution in [2.24, 2.45) is 5.92 Å². The maximum absolute atomic E-state index is 12.3. The molecule has 1 fully saturated rings. The van der Waals surface area contributed by atoms with Crippen molar-refractivity contribution in [3.8, 4) is 0 Å². The lowest BCUT2D eigenvalue weighted by atomic mass is 10.1. The maximum atomic E-state index is 12.3. The van der Waals surface area contributed by atoms with Crippen LogP contribution in [0.5, 0.6) is 0 Å². The summed E-state index contributed by atoms with van der Waals surface area (Å²) in [6, 6.07) is 15.6. The van der Waals surface area contributed by atoms with Gasteiger partial charge in [0, 0.05) is 44.4 Å². The molecule has 1 aromatic heterocycles. The molecule has 0 aliphatic carbocycles. The molecule has 5 heteroatoms. The molecule has 1 N–H and O–H groups in total. The Hall–Kier alpha value is -2.69. The van der Waals surface area contributed by atoms with E-state index in [0.29, 0.717) is 32.5 Å². The van der Waals surface area contributed by atoms with E-state index < -0.39 is 0 Å². The van der Waals surface area contributed by atoms with Crippen LogP contribution in [0.2, 0.25) is 0 Å². The first-order valence-corrected chi connectivity index (χ1v) is 8.21. The molecular formula is C19H21N3O2. The summed E-state index contributed by atoms with van der Waals surface area (Å²) in [5, 5.41) is 2.92. The van der Waals surface area contributed by atoms with E-state index in [1.54, 1.807) is 11.1 Å². The molecule has 0 saturated carbocycles. The summed E-state index contributed by atoms with van der Waals surface area (Å²) in [7, 11) is 0. The van der Waals surface area contributed by atoms with Crippen LogP contribution in [0.3, 0.4) is 0 Å². The minimum Gasteiger partial charge on any atom is -0.355 e. The van der Waals surface area contributed by atoms with E-state index in [-0.39, 0.29) is 17.7 Å². The van der Waals surface area contributed by atoms with Crippen LogP contribution >= 0.6 is 0 Å². The zero-order chi connectivity index (χ0) is 16.8. The number of nitrogens with one attached hydrogen (secondary N) is 1. The highest BCUT2D eigenvalue weighted by Gasteiger charge is 2.33. The number of carbonyl (C=O) groups excluding carboxylic acids is 2. The fraction of sp³-hybridized carbons (Fsp3) is 0.316. The Morgan fingerprint density at radius 1 is 1.17 bits per heavy atom. The van der Waals surface area contributed by atoms with Gasteiger partial charge in [0.1, 0.15) is 0 Å². The van der Waals surface area contributed by atoms with Gasteiger partial charge in [0.05, 0.1) is 5.92 Å². The van der Waals surface area contributed by atoms with E-state index >= 15 is 0 Å². The van der Waals surface area contributed by atoms with Gasteiger partial charge in [0.15, 0.2) is 0 Å². The van der Waals surface area contributed by atoms with Crippen molar-refractivity contribution in [3.63, 3.8) is 0 Å². The van der Waals surface area contributed by atoms with E-state index in [4.69, 9.17) is 0 Å². The van der Waals surface area contributed by atoms with Crippen LogP contribution in [0.15, 0.2) is 54.7 Å². The molecule has 1 aliphatic heterocycles. The average molecular weight is 323 g/mol. The Balaban J connectivity index is 1.47. The first-order valence-electron chi connectivity index (χ1n) is 8.21. The Morgan fingerprint density at radius 2 is 1.96 bits per heavy atom. The average Bonchev–Trinajstić information content (AvgIpc) is 2.97. The molecule has 5 nitrogen and oxygen atoms in total. The van der Waals surface area contributed by atoms with E-state index in [1.165, 1.54) is 0 Å². The summed E-state index contributed by atoms with van der Waals surface area (Å²) in [6.45, 7) is 1.60. The van der Waals surface area contributed by atoms with Gasteiger partial charge in [0.2, 0.25) is 11.8 Å². The Kier molecular flexibility index (Phi) is 5.21. The molecule has 0 unspecified atom stereocenters. The van der Waals surface area contributed by atoms with Crippen molar-refractivity contribution in [3.05, 3.63) is 66.0 Å². The molecule has 1 aromatic carbocycles. The number of pyridine rings is 1. The first kappa shape index (κ1) is 16.2. The van der Waals surface area contributed by atoms with Crippen molar-refractivity contribution in [1.82, 2.24) is 15.2 Å². The zero-order valence-corrected chi connectivity index (χ0v) is 13.5. The monoisotopic (exact) mass is 323 g/mol. The lowest BCUT2D eigenvalue weighted by molar-refractivity contribution is -0.129. The van der Waals surface area contributed by atoms with Crippen molar-refractivity contribution in [1.29, 1.82) is 0 Å². The standard InChI is InChI=1S/C19H21N3O2/c23-18-12-16(14-22(18)13-15-6-2-1-3-7-15)19(24)21-11-9-17-8-4-5-10-20-17/h1-8,10,16H,9,11-14H2,(H,21,24)/t16-/m1/s1. The van der Waals surface area contributed by atoms with Gasteiger partial charge in [-0.25, -0.2) is 0 Å². The summed E-state index contributed by atoms with van der Waals surface area (Å²) in [5.41, 5.74) is 2.04. The molecule has 0 bridgehead atoms. The van der Waals surface area contributed by atoms with Crippen molar-refractivity contribution >= 4 is 11.8 Å². The number of hydrogen-bond acceptors (Lipinski definition) is 3. The Labute approximate surface area is 141 Å². The number of carbonyl (C=O) groups is 2. The van der Waals surface area contributed by atoms with Gasteiger partial charge >= 0.3 is 0 Å². The number of likely N-dealkylation sites (tertiary alicyclic amines) is 1. The van der Waals surface area contributed by atoms with Gasteiger partial charge < -0.3 is 10.2 Å². The number of nitrogens with zero attached hydrogens (tertiary/aromatic N) is 2. The normalized spacial score (nSPS) is 17.1. The maximum Gasteiger partial charge on any atom is 0.225 e. The summed E-state index contributed by atoms with van der Waals surface area (Å²) in [6.07, 6.45) is 2.73. The van der Waals surface area contributed by atoms with Crippen LogP contribution < -0.4 is 5.32 Å². The van der Waals surface area contributed by atoms with Crippen LogP contribution in [0, 0.1) is 5.92 Å². The van der Waals surface area contributed by atoms with E-state index in [0.717, 1.165) is 11.3 Å². The number of amides is 2. The molecule has 24 heavy (non-hydrogen) atoms. The number of hydrogen-bond donors (Lipinski definition) is 1. The molecule has 124 valence electrons. The van der Waals surface area contributed by atoms with Crippen LogP contribution in [0.25, 0.3) is 0 Å². The number of benzene rings is 1. The second-order valence-electron chi connectivity index (χ2n) is 6.02. The predicted molar refractivity (Wildman–Crippen MR) is 90.9 cm³/mol. The van der Waals surface area contributed by atoms with Gasteiger partial charge in [-0.2, -0.15) is 0 Å². The molecule has 2 heterocycles. The quantitative estimate of drug-likeness (QED) is 0.881. The smallest absolute Gasteiger partial charge is 0.225 e. The topological polar surface area (TPSA) is 62.3 Å². The number of aromatic nitrogens is 1. The zero-order valence-electron chi connectivity index (χ0n) is 13.5. The summed E-state index contributed by atoms with van der Waals surface area (Å²) in [4.78, 5) is 30.4. The van der Waals surface area contributed by atoms with Gasteiger partial charge in [-0.15, -0.1) is 0 Å². The molecule has 1 atom stereocenters. The third-order valence-corrected chi connectivity index (χ3v) is 4.21. The van der Waals surface area contributed by atoms with Crippen LogP contribution in [-0.4, -0.2) is 34.8 Å². The molecule has 0 radical (unpaired) electrons. The van der Waals surface area contributed by atoms with Gasteiger partial charge in [0.25, 0.3) is 0 Å². The predicted octanol–water partition coefficient (Wildman–Crippen LogP) is 1.79. The van der Waals surface area contributed by atoms with E-state index in [9.17, 15) is 9.59 Å². The largest absolute Gasteiger partial charge is 0.355 e. The lowest BCUT2D eigenvalue weighted by Gasteiger charge is -2.16. The van der Waals surface area contributed by atoms with Gasteiger partial charge in [-0.1, -0.05) is 36.4 Å². The Bertz CT molecular complexity index is 688. The third-order valence-electron chi connectivity index (χ3n) is 4.21. The SMILES string of the molecule is O=C(NCCc1ccccn1)[C@@H]1CC(=O)N(Cc2ccccc2)C1. The summed E-state index contributed by atoms with van der Waals surface area (Å²) >= 11 is 0. The third kappa shape index (κ3) is 4.19. The van der Waals surface area contributed by atoms with E-state index in [1.807, 2.05) is 48.5 Å². The van der Waals surface area contributed by atoms with Crippen LogP contribution in [0.4, 0.5) is 0 Å². The molecule has 2 amide bonds. The highest BCUT2D eigenvalue weighted by molar-refractivity contribution is 5.89. The van der Waals surface area contributed by atoms with Crippen molar-refractivity contribution < 1.29 is 9.59 Å². The van der Waals surface area contributed by atoms with Gasteiger partial charge in [-0.3, -0.25) is 14.6 Å². The molecule has 2 aromatic rings. The summed E-state index contributed by atoms with van der Waals surface area (Å²) < 4.78 is 0. The fourth-order valence-corrected chi connectivity index (χ4v) is 2.91. The summed E-state index contributed by atoms with van der Waals surface area (Å²) in [5.74, 6) is -0.261. The molecule has 1 saturated heterocycles. The minimum atomic E-state index is -0.259. The second-order valence-corrected chi connectivity index (χ2v) is 6.02. The minimum absolute atomic E-state index is 0.0451. The lowest BCUT2D eigenvalue weighted by Crippen LogP contribution is -2.34. The first-order chi connectivity index (χ1) is 11.7. The Morgan fingerprint density at radius 3 is 2.71 bits per heavy atom. The highest BCUT2D eigenvalue weighted by Crippen LogP contribution is 2.20. The molecular weight excluding hydrogens is 302 g/mol. The molecule has 3 rings (SSSR count). The highest BCUT2D eigenvalue weighted by atomic mass is 16.2. The van der Waals surface area contributed by atoms with Crippen molar-refractivity contribution in [2.75, 3.05) is 13.1 Å². The van der Waals surface area contributed by atoms with Crippen molar-refractivity contribution in [2.45, 2.75) is 19.4 Å². The second kappa shape index (κ2) is 7.73. The van der Waals surface area contributed by atoms with E-state index in [2.05, 4.69) is 10.3 Å².